The van der Waals surface area contributed by atoms with E-state index in [4.69, 9.17) is 11.6 Å². The molecule has 20 heavy (non-hydrogen) atoms. The Morgan fingerprint density at radius 2 is 1.95 bits per heavy atom. The first kappa shape index (κ1) is 15.4. The summed E-state index contributed by atoms with van der Waals surface area (Å²) in [6.07, 6.45) is -0.218. The van der Waals surface area contributed by atoms with Crippen molar-refractivity contribution in [3.63, 3.8) is 0 Å². The monoisotopic (exact) mass is 307 g/mol. The number of anilines is 1. The second-order valence-electron chi connectivity index (χ2n) is 5.10. The molecule has 0 aromatic carbocycles. The van der Waals surface area contributed by atoms with E-state index in [1.54, 1.807) is 0 Å². The lowest BCUT2D eigenvalue weighted by atomic mass is 9.92. The molecular formula is C13H17ClF3N3. The average molecular weight is 308 g/mol. The van der Waals surface area contributed by atoms with Crippen molar-refractivity contribution in [1.82, 2.24) is 9.97 Å². The number of halogens is 4. The van der Waals surface area contributed by atoms with Crippen LogP contribution in [0.1, 0.15) is 38.3 Å². The fraction of sp³-hybridized carbons (Fsp3) is 0.692. The summed E-state index contributed by atoms with van der Waals surface area (Å²) in [7, 11) is 0. The molecule has 1 aromatic heterocycles. The van der Waals surface area contributed by atoms with E-state index in [1.807, 2.05) is 4.90 Å². The maximum atomic E-state index is 12.7. The molecular weight excluding hydrogens is 291 g/mol. The van der Waals surface area contributed by atoms with E-state index in [2.05, 4.69) is 16.9 Å². The zero-order valence-corrected chi connectivity index (χ0v) is 12.0. The zero-order chi connectivity index (χ0) is 14.8. The van der Waals surface area contributed by atoms with Crippen molar-refractivity contribution < 1.29 is 13.2 Å². The molecule has 0 radical (unpaired) electrons. The molecule has 0 amide bonds. The van der Waals surface area contributed by atoms with E-state index in [0.29, 0.717) is 5.92 Å². The summed E-state index contributed by atoms with van der Waals surface area (Å²) in [5.74, 6) is 0.933. The minimum absolute atomic E-state index is 0.271. The molecule has 0 atom stereocenters. The molecule has 1 fully saturated rings. The van der Waals surface area contributed by atoms with Gasteiger partial charge in [0, 0.05) is 19.2 Å². The van der Waals surface area contributed by atoms with Gasteiger partial charge in [0.2, 0.25) is 5.28 Å². The third-order valence-electron chi connectivity index (χ3n) is 3.61. The molecule has 1 saturated heterocycles. The molecule has 0 spiro atoms. The van der Waals surface area contributed by atoms with Crippen molar-refractivity contribution in [1.29, 1.82) is 0 Å². The molecule has 2 rings (SSSR count). The Labute approximate surface area is 121 Å². The molecule has 1 aromatic rings. The van der Waals surface area contributed by atoms with Gasteiger partial charge >= 0.3 is 6.18 Å². The van der Waals surface area contributed by atoms with Gasteiger partial charge in [0.25, 0.3) is 0 Å². The van der Waals surface area contributed by atoms with Crippen LogP contribution in [0.15, 0.2) is 6.07 Å². The van der Waals surface area contributed by atoms with Crippen molar-refractivity contribution in [2.24, 2.45) is 5.92 Å². The molecule has 2 heterocycles. The number of hydrogen-bond donors (Lipinski definition) is 0. The van der Waals surface area contributed by atoms with Crippen LogP contribution in [0.3, 0.4) is 0 Å². The van der Waals surface area contributed by atoms with Crippen molar-refractivity contribution >= 4 is 17.4 Å². The minimum Gasteiger partial charge on any atom is -0.356 e. The first-order valence-electron chi connectivity index (χ1n) is 6.77. The first-order valence-corrected chi connectivity index (χ1v) is 7.14. The van der Waals surface area contributed by atoms with E-state index in [1.165, 1.54) is 6.42 Å². The molecule has 0 unspecified atom stereocenters. The number of aromatic nitrogens is 2. The quantitative estimate of drug-likeness (QED) is 0.785. The smallest absolute Gasteiger partial charge is 0.356 e. The molecule has 7 heteroatoms. The van der Waals surface area contributed by atoms with Gasteiger partial charge in [-0.3, -0.25) is 0 Å². The number of rotatable bonds is 3. The fourth-order valence-corrected chi connectivity index (χ4v) is 2.75. The van der Waals surface area contributed by atoms with E-state index in [0.717, 1.165) is 38.4 Å². The molecule has 0 bridgehead atoms. The Hall–Kier alpha value is -1.04. The second kappa shape index (κ2) is 6.16. The molecule has 0 saturated carbocycles. The Morgan fingerprint density at radius 3 is 2.50 bits per heavy atom. The van der Waals surface area contributed by atoms with Gasteiger partial charge < -0.3 is 4.90 Å². The van der Waals surface area contributed by atoms with Crippen LogP contribution < -0.4 is 4.90 Å². The standard InChI is InChI=1S/C13H17ClF3N3/c1-2-3-9-4-6-20(7-5-9)11-8-10(13(15,16)17)18-12(14)19-11/h8-9H,2-7H2,1H3. The third-order valence-corrected chi connectivity index (χ3v) is 3.78. The van der Waals surface area contributed by atoms with Gasteiger partial charge in [0.1, 0.15) is 5.82 Å². The third kappa shape index (κ3) is 3.75. The van der Waals surface area contributed by atoms with Gasteiger partial charge in [-0.15, -0.1) is 0 Å². The lowest BCUT2D eigenvalue weighted by Gasteiger charge is -2.32. The van der Waals surface area contributed by atoms with Gasteiger partial charge in [0.05, 0.1) is 0 Å². The van der Waals surface area contributed by atoms with Gasteiger partial charge in [-0.25, -0.2) is 9.97 Å². The van der Waals surface area contributed by atoms with Crippen LogP contribution in [-0.2, 0) is 6.18 Å². The van der Waals surface area contributed by atoms with Crippen molar-refractivity contribution in [3.05, 3.63) is 17.0 Å². The molecule has 112 valence electrons. The zero-order valence-electron chi connectivity index (χ0n) is 11.3. The SMILES string of the molecule is CCCC1CCN(c2cc(C(F)(F)F)nc(Cl)n2)CC1. The van der Waals surface area contributed by atoms with Crippen LogP contribution in [0.5, 0.6) is 0 Å². The van der Waals surface area contributed by atoms with Crippen LogP contribution in [0, 0.1) is 5.92 Å². The highest BCUT2D eigenvalue weighted by atomic mass is 35.5. The summed E-state index contributed by atoms with van der Waals surface area (Å²) in [6, 6.07) is 0.978. The molecule has 0 N–H and O–H groups in total. The summed E-state index contributed by atoms with van der Waals surface area (Å²) in [4.78, 5) is 9.03. The van der Waals surface area contributed by atoms with Gasteiger partial charge in [-0.2, -0.15) is 13.2 Å². The van der Waals surface area contributed by atoms with E-state index < -0.39 is 11.9 Å². The van der Waals surface area contributed by atoms with E-state index in [-0.39, 0.29) is 11.1 Å². The van der Waals surface area contributed by atoms with Crippen molar-refractivity contribution in [3.8, 4) is 0 Å². The maximum absolute atomic E-state index is 12.7. The van der Waals surface area contributed by atoms with Crippen molar-refractivity contribution in [2.75, 3.05) is 18.0 Å². The first-order chi connectivity index (χ1) is 9.40. The van der Waals surface area contributed by atoms with Crippen molar-refractivity contribution in [2.45, 2.75) is 38.8 Å². The van der Waals surface area contributed by atoms with Crippen LogP contribution in [0.25, 0.3) is 0 Å². The Kier molecular flexibility index (Phi) is 4.73. The molecule has 3 nitrogen and oxygen atoms in total. The topological polar surface area (TPSA) is 29.0 Å². The highest BCUT2D eigenvalue weighted by Gasteiger charge is 2.34. The summed E-state index contributed by atoms with van der Waals surface area (Å²) in [5, 5.41) is -0.356. The summed E-state index contributed by atoms with van der Waals surface area (Å²) in [5.41, 5.74) is -0.983. The predicted octanol–water partition coefficient (Wildman–Crippen LogP) is 4.17. The highest BCUT2D eigenvalue weighted by molar-refractivity contribution is 6.28. The number of alkyl halides is 3. The Morgan fingerprint density at radius 1 is 1.30 bits per heavy atom. The lowest BCUT2D eigenvalue weighted by molar-refractivity contribution is -0.141. The summed E-state index contributed by atoms with van der Waals surface area (Å²) < 4.78 is 38.1. The number of hydrogen-bond acceptors (Lipinski definition) is 3. The van der Waals surface area contributed by atoms with Crippen LogP contribution in [-0.4, -0.2) is 23.1 Å². The van der Waals surface area contributed by atoms with Gasteiger partial charge in [0.15, 0.2) is 5.69 Å². The highest BCUT2D eigenvalue weighted by Crippen LogP contribution is 2.32. The normalized spacial score (nSPS) is 17.6. The minimum atomic E-state index is -4.50. The molecule has 0 aliphatic carbocycles. The Balaban J connectivity index is 2.12. The second-order valence-corrected chi connectivity index (χ2v) is 5.44. The van der Waals surface area contributed by atoms with Crippen LogP contribution in [0.2, 0.25) is 5.28 Å². The van der Waals surface area contributed by atoms with Crippen LogP contribution in [0.4, 0.5) is 19.0 Å². The van der Waals surface area contributed by atoms with Gasteiger partial charge in [-0.1, -0.05) is 19.8 Å². The lowest BCUT2D eigenvalue weighted by Crippen LogP contribution is -2.34. The largest absolute Gasteiger partial charge is 0.433 e. The van der Waals surface area contributed by atoms with Crippen LogP contribution >= 0.6 is 11.6 Å². The average Bonchev–Trinajstić information content (AvgIpc) is 2.38. The molecule has 1 aliphatic rings. The summed E-state index contributed by atoms with van der Waals surface area (Å²) >= 11 is 5.60. The number of nitrogens with zero attached hydrogens (tertiary/aromatic N) is 3. The van der Waals surface area contributed by atoms with Gasteiger partial charge in [-0.05, 0) is 30.4 Å². The van der Waals surface area contributed by atoms with E-state index in [9.17, 15) is 13.2 Å². The summed E-state index contributed by atoms with van der Waals surface area (Å²) in [6.45, 7) is 3.58. The molecule has 1 aliphatic heterocycles. The predicted molar refractivity (Wildman–Crippen MR) is 71.9 cm³/mol. The fourth-order valence-electron chi connectivity index (χ4n) is 2.57. The van der Waals surface area contributed by atoms with E-state index >= 15 is 0 Å². The number of piperidine rings is 1. The Bertz CT molecular complexity index is 457. The maximum Gasteiger partial charge on any atom is 0.433 e.